The van der Waals surface area contributed by atoms with Crippen LogP contribution in [0, 0.1) is 5.92 Å². The first-order chi connectivity index (χ1) is 9.44. The van der Waals surface area contributed by atoms with Gasteiger partial charge in [-0.2, -0.15) is 13.2 Å². The first-order valence-electron chi connectivity index (χ1n) is 6.61. The topological polar surface area (TPSA) is 41.1 Å². The second-order valence-corrected chi connectivity index (χ2v) is 5.01. The summed E-state index contributed by atoms with van der Waals surface area (Å²) in [5.41, 5.74) is 0.580. The number of hydrogen-bond acceptors (Lipinski definition) is 2. The minimum atomic E-state index is -4.24. The molecule has 0 bridgehead atoms. The number of alkyl halides is 3. The lowest BCUT2D eigenvalue weighted by atomic mass is 9.97. The van der Waals surface area contributed by atoms with E-state index >= 15 is 0 Å². The van der Waals surface area contributed by atoms with Crippen LogP contribution in [0.15, 0.2) is 24.3 Å². The number of benzene rings is 1. The Hall–Kier alpha value is -1.27. The summed E-state index contributed by atoms with van der Waals surface area (Å²) in [4.78, 5) is 12.0. The lowest BCUT2D eigenvalue weighted by molar-refractivity contribution is -0.127. The zero-order valence-corrected chi connectivity index (χ0v) is 12.2. The minimum Gasteiger partial charge on any atom is -0.326 e. The molecule has 1 heterocycles. The highest BCUT2D eigenvalue weighted by Crippen LogP contribution is 2.23. The highest BCUT2D eigenvalue weighted by Gasteiger charge is 2.27. The van der Waals surface area contributed by atoms with Crippen molar-refractivity contribution in [3.8, 4) is 0 Å². The minimum absolute atomic E-state index is 0. The van der Waals surface area contributed by atoms with E-state index in [4.69, 9.17) is 0 Å². The van der Waals surface area contributed by atoms with Crippen LogP contribution in [-0.2, 0) is 11.2 Å². The van der Waals surface area contributed by atoms with Crippen LogP contribution in [0.4, 0.5) is 18.9 Å². The maximum Gasteiger partial charge on any atom is 0.393 e. The van der Waals surface area contributed by atoms with Gasteiger partial charge in [0.05, 0.1) is 6.42 Å². The Morgan fingerprint density at radius 2 is 1.95 bits per heavy atom. The van der Waals surface area contributed by atoms with Gasteiger partial charge in [0.25, 0.3) is 0 Å². The summed E-state index contributed by atoms with van der Waals surface area (Å²) in [6.45, 7) is 1.60. The van der Waals surface area contributed by atoms with Gasteiger partial charge in [-0.25, -0.2) is 0 Å². The SMILES string of the molecule is Cl.O=C(Nc1cccc(CC(F)(F)F)c1)C1CCNCC1. The molecule has 1 aromatic rings. The fourth-order valence-corrected chi connectivity index (χ4v) is 2.32. The molecule has 0 unspecified atom stereocenters. The molecule has 0 saturated carbocycles. The van der Waals surface area contributed by atoms with Gasteiger partial charge < -0.3 is 10.6 Å². The third-order valence-corrected chi connectivity index (χ3v) is 3.31. The van der Waals surface area contributed by atoms with Crippen molar-refractivity contribution in [3.05, 3.63) is 29.8 Å². The average molecular weight is 323 g/mol. The standard InChI is InChI=1S/C14H17F3N2O.ClH/c15-14(16,17)9-10-2-1-3-12(8-10)19-13(20)11-4-6-18-7-5-11;/h1-3,8,11,18H,4-7,9H2,(H,19,20);1H. The van der Waals surface area contributed by atoms with Crippen molar-refractivity contribution in [2.24, 2.45) is 5.92 Å². The predicted molar refractivity (Wildman–Crippen MR) is 77.7 cm³/mol. The largest absolute Gasteiger partial charge is 0.393 e. The lowest BCUT2D eigenvalue weighted by Crippen LogP contribution is -2.34. The summed E-state index contributed by atoms with van der Waals surface area (Å²) in [5.74, 6) is -0.182. The number of carbonyl (C=O) groups is 1. The molecular formula is C14H18ClF3N2O. The van der Waals surface area contributed by atoms with Crippen molar-refractivity contribution >= 4 is 24.0 Å². The molecule has 2 rings (SSSR count). The van der Waals surface area contributed by atoms with Crippen molar-refractivity contribution in [1.82, 2.24) is 5.32 Å². The van der Waals surface area contributed by atoms with E-state index in [0.29, 0.717) is 5.69 Å². The number of hydrogen-bond donors (Lipinski definition) is 2. The molecule has 0 aromatic heterocycles. The van der Waals surface area contributed by atoms with Crippen LogP contribution < -0.4 is 10.6 Å². The number of carbonyl (C=O) groups excluding carboxylic acids is 1. The molecule has 1 aromatic carbocycles. The van der Waals surface area contributed by atoms with Crippen molar-refractivity contribution in [1.29, 1.82) is 0 Å². The van der Waals surface area contributed by atoms with Gasteiger partial charge in [-0.3, -0.25) is 4.79 Å². The van der Waals surface area contributed by atoms with Gasteiger partial charge in [-0.15, -0.1) is 12.4 Å². The Bertz CT molecular complexity index is 474. The fourth-order valence-electron chi connectivity index (χ4n) is 2.32. The molecule has 1 aliphatic rings. The Balaban J connectivity index is 0.00000220. The summed E-state index contributed by atoms with van der Waals surface area (Å²) < 4.78 is 37.0. The molecule has 0 spiro atoms. The molecule has 1 saturated heterocycles. The maximum atomic E-state index is 12.3. The Morgan fingerprint density at radius 1 is 1.29 bits per heavy atom. The number of amides is 1. The zero-order valence-electron chi connectivity index (χ0n) is 11.4. The third kappa shape index (κ3) is 5.93. The number of anilines is 1. The van der Waals surface area contributed by atoms with Crippen LogP contribution in [0.3, 0.4) is 0 Å². The van der Waals surface area contributed by atoms with E-state index in [1.54, 1.807) is 6.07 Å². The second-order valence-electron chi connectivity index (χ2n) is 5.01. The molecule has 21 heavy (non-hydrogen) atoms. The summed E-state index contributed by atoms with van der Waals surface area (Å²) in [6.07, 6.45) is -3.70. The van der Waals surface area contributed by atoms with Crippen LogP contribution in [0.25, 0.3) is 0 Å². The monoisotopic (exact) mass is 322 g/mol. The molecular weight excluding hydrogens is 305 g/mol. The van der Waals surface area contributed by atoms with E-state index in [-0.39, 0.29) is 29.8 Å². The van der Waals surface area contributed by atoms with Gasteiger partial charge in [0.1, 0.15) is 0 Å². The molecule has 1 aliphatic heterocycles. The summed E-state index contributed by atoms with van der Waals surface area (Å²) in [7, 11) is 0. The summed E-state index contributed by atoms with van der Waals surface area (Å²) in [6, 6.07) is 5.93. The molecule has 0 radical (unpaired) electrons. The van der Waals surface area contributed by atoms with Crippen molar-refractivity contribution < 1.29 is 18.0 Å². The number of piperidine rings is 1. The predicted octanol–water partition coefficient (Wildman–Crippen LogP) is 3.15. The highest BCUT2D eigenvalue weighted by atomic mass is 35.5. The van der Waals surface area contributed by atoms with Gasteiger partial charge >= 0.3 is 6.18 Å². The van der Waals surface area contributed by atoms with Gasteiger partial charge in [-0.05, 0) is 43.6 Å². The van der Waals surface area contributed by atoms with E-state index in [1.807, 2.05) is 0 Å². The maximum absolute atomic E-state index is 12.3. The van der Waals surface area contributed by atoms with Crippen molar-refractivity contribution in [2.45, 2.75) is 25.4 Å². The van der Waals surface area contributed by atoms with Gasteiger partial charge in [0, 0.05) is 11.6 Å². The van der Waals surface area contributed by atoms with E-state index in [9.17, 15) is 18.0 Å². The van der Waals surface area contributed by atoms with Gasteiger partial charge in [0.2, 0.25) is 5.91 Å². The van der Waals surface area contributed by atoms with E-state index in [1.165, 1.54) is 18.2 Å². The smallest absolute Gasteiger partial charge is 0.326 e. The van der Waals surface area contributed by atoms with Crippen LogP contribution in [-0.4, -0.2) is 25.2 Å². The zero-order chi connectivity index (χ0) is 14.6. The molecule has 3 nitrogen and oxygen atoms in total. The van der Waals surface area contributed by atoms with Crippen molar-refractivity contribution in [2.75, 3.05) is 18.4 Å². The van der Waals surface area contributed by atoms with Crippen LogP contribution >= 0.6 is 12.4 Å². The molecule has 0 atom stereocenters. The molecule has 1 amide bonds. The lowest BCUT2D eigenvalue weighted by Gasteiger charge is -2.21. The normalized spacial score (nSPS) is 16.1. The first-order valence-corrected chi connectivity index (χ1v) is 6.61. The average Bonchev–Trinajstić information content (AvgIpc) is 2.38. The van der Waals surface area contributed by atoms with Crippen molar-refractivity contribution in [3.63, 3.8) is 0 Å². The van der Waals surface area contributed by atoms with Gasteiger partial charge in [0.15, 0.2) is 0 Å². The quantitative estimate of drug-likeness (QED) is 0.897. The number of rotatable bonds is 3. The molecule has 7 heteroatoms. The fraction of sp³-hybridized carbons (Fsp3) is 0.500. The highest BCUT2D eigenvalue weighted by molar-refractivity contribution is 5.92. The molecule has 118 valence electrons. The van der Waals surface area contributed by atoms with Crippen LogP contribution in [0.2, 0.25) is 0 Å². The van der Waals surface area contributed by atoms with E-state index in [2.05, 4.69) is 10.6 Å². The Kier molecular flexibility index (Phi) is 6.48. The number of nitrogens with one attached hydrogen (secondary N) is 2. The van der Waals surface area contributed by atoms with E-state index in [0.717, 1.165) is 25.9 Å². The summed E-state index contributed by atoms with van der Waals surface area (Å²) >= 11 is 0. The van der Waals surface area contributed by atoms with Crippen LogP contribution in [0.5, 0.6) is 0 Å². The van der Waals surface area contributed by atoms with Crippen LogP contribution in [0.1, 0.15) is 18.4 Å². The Labute approximate surface area is 127 Å². The first kappa shape index (κ1) is 17.8. The van der Waals surface area contributed by atoms with E-state index < -0.39 is 12.6 Å². The Morgan fingerprint density at radius 3 is 2.57 bits per heavy atom. The molecule has 1 fully saturated rings. The summed E-state index contributed by atoms with van der Waals surface area (Å²) in [5, 5.41) is 5.87. The molecule has 2 N–H and O–H groups in total. The van der Waals surface area contributed by atoms with Gasteiger partial charge in [-0.1, -0.05) is 12.1 Å². The third-order valence-electron chi connectivity index (χ3n) is 3.31. The second kappa shape index (κ2) is 7.66. The molecule has 0 aliphatic carbocycles. The number of halogens is 4.